The summed E-state index contributed by atoms with van der Waals surface area (Å²) in [5.74, 6) is -0.259. The van der Waals surface area contributed by atoms with E-state index in [-0.39, 0.29) is 5.91 Å². The van der Waals surface area contributed by atoms with Crippen molar-refractivity contribution in [3.8, 4) is 0 Å². The van der Waals surface area contributed by atoms with Crippen LogP contribution in [0.25, 0.3) is 0 Å². The monoisotopic (exact) mass is 247 g/mol. The molecule has 4 nitrogen and oxygen atoms in total. The van der Waals surface area contributed by atoms with Crippen molar-refractivity contribution in [1.29, 1.82) is 0 Å². The number of primary amides is 1. The average molecular weight is 247 g/mol. The van der Waals surface area contributed by atoms with Gasteiger partial charge in [-0.3, -0.25) is 9.69 Å². The first-order valence-corrected chi connectivity index (χ1v) is 6.52. The second-order valence-corrected chi connectivity index (χ2v) is 5.05. The number of carbonyl (C=O) groups is 1. The van der Waals surface area contributed by atoms with E-state index in [1.165, 1.54) is 12.8 Å². The molecule has 1 amide bonds. The third-order valence-corrected chi connectivity index (χ3v) is 3.54. The van der Waals surface area contributed by atoms with Crippen LogP contribution in [0, 0.1) is 0 Å². The molecule has 0 saturated heterocycles. The van der Waals surface area contributed by atoms with Crippen molar-refractivity contribution >= 4 is 11.6 Å². The van der Waals surface area contributed by atoms with Crippen LogP contribution < -0.4 is 11.5 Å². The Morgan fingerprint density at radius 2 is 2.06 bits per heavy atom. The molecule has 0 unspecified atom stereocenters. The zero-order chi connectivity index (χ0) is 13.0. The second kappa shape index (κ2) is 5.87. The number of benzene rings is 1. The van der Waals surface area contributed by atoms with Gasteiger partial charge in [0, 0.05) is 18.3 Å². The number of nitrogens with two attached hydrogens (primary N) is 2. The van der Waals surface area contributed by atoms with Crippen molar-refractivity contribution in [3.63, 3.8) is 0 Å². The maximum absolute atomic E-state index is 11.2. The van der Waals surface area contributed by atoms with Gasteiger partial charge in [-0.15, -0.1) is 0 Å². The van der Waals surface area contributed by atoms with Gasteiger partial charge in [0.1, 0.15) is 0 Å². The average Bonchev–Trinajstić information content (AvgIpc) is 2.80. The van der Waals surface area contributed by atoms with Crippen LogP contribution in [0.5, 0.6) is 0 Å². The van der Waals surface area contributed by atoms with Gasteiger partial charge in [-0.1, -0.05) is 25.0 Å². The summed E-state index contributed by atoms with van der Waals surface area (Å²) in [7, 11) is 0. The quantitative estimate of drug-likeness (QED) is 0.774. The summed E-state index contributed by atoms with van der Waals surface area (Å²) in [4.78, 5) is 13.4. The van der Waals surface area contributed by atoms with Crippen LogP contribution in [0.4, 0.5) is 5.69 Å². The van der Waals surface area contributed by atoms with Gasteiger partial charge in [-0.25, -0.2) is 0 Å². The number of hydrogen-bond donors (Lipinski definition) is 2. The maximum Gasteiger partial charge on any atom is 0.231 e. The van der Waals surface area contributed by atoms with Crippen LogP contribution in [0.15, 0.2) is 24.3 Å². The molecule has 1 aliphatic carbocycles. The van der Waals surface area contributed by atoms with Crippen molar-refractivity contribution in [1.82, 2.24) is 4.90 Å². The molecule has 1 aromatic rings. The molecule has 18 heavy (non-hydrogen) atoms. The fourth-order valence-electron chi connectivity index (χ4n) is 2.71. The molecule has 98 valence electrons. The van der Waals surface area contributed by atoms with E-state index < -0.39 is 0 Å². The lowest BCUT2D eigenvalue weighted by molar-refractivity contribution is -0.119. The van der Waals surface area contributed by atoms with Crippen molar-refractivity contribution in [2.45, 2.75) is 38.3 Å². The molecular formula is C14H21N3O. The lowest BCUT2D eigenvalue weighted by Gasteiger charge is -2.27. The highest BCUT2D eigenvalue weighted by Gasteiger charge is 2.23. The van der Waals surface area contributed by atoms with Crippen LogP contribution >= 0.6 is 0 Å². The number of anilines is 1. The first kappa shape index (κ1) is 12.9. The first-order valence-electron chi connectivity index (χ1n) is 6.52. The van der Waals surface area contributed by atoms with Gasteiger partial charge < -0.3 is 11.5 Å². The smallest absolute Gasteiger partial charge is 0.231 e. The van der Waals surface area contributed by atoms with Crippen molar-refractivity contribution < 1.29 is 4.79 Å². The number of hydrogen-bond acceptors (Lipinski definition) is 3. The highest BCUT2D eigenvalue weighted by molar-refractivity contribution is 5.76. The summed E-state index contributed by atoms with van der Waals surface area (Å²) in [6.45, 7) is 1.08. The lowest BCUT2D eigenvalue weighted by atomic mass is 10.1. The Balaban J connectivity index is 2.06. The summed E-state index contributed by atoms with van der Waals surface area (Å²) >= 11 is 0. The Hall–Kier alpha value is -1.55. The maximum atomic E-state index is 11.2. The van der Waals surface area contributed by atoms with Gasteiger partial charge in [-0.2, -0.15) is 0 Å². The third kappa shape index (κ3) is 3.47. The van der Waals surface area contributed by atoms with E-state index in [4.69, 9.17) is 11.5 Å². The standard InChI is InChI=1S/C14H21N3O/c15-12-5-3-4-11(8-12)9-17(10-14(16)18)13-6-1-2-7-13/h3-5,8,13H,1-2,6-7,9-10,15H2,(H2,16,18). The summed E-state index contributed by atoms with van der Waals surface area (Å²) in [6, 6.07) is 8.31. The lowest BCUT2D eigenvalue weighted by Crippen LogP contribution is -2.39. The molecule has 0 heterocycles. The number of nitrogen functional groups attached to an aromatic ring is 1. The molecule has 0 radical (unpaired) electrons. The predicted molar refractivity (Wildman–Crippen MR) is 72.7 cm³/mol. The number of carbonyl (C=O) groups excluding carboxylic acids is 1. The van der Waals surface area contributed by atoms with E-state index in [1.807, 2.05) is 24.3 Å². The Morgan fingerprint density at radius 1 is 1.33 bits per heavy atom. The molecule has 1 aliphatic rings. The SMILES string of the molecule is NC(=O)CN(Cc1cccc(N)c1)C1CCCC1. The summed E-state index contributed by atoms with van der Waals surface area (Å²) in [5.41, 5.74) is 13.0. The molecular weight excluding hydrogens is 226 g/mol. The highest BCUT2D eigenvalue weighted by Crippen LogP contribution is 2.25. The number of nitrogens with zero attached hydrogens (tertiary/aromatic N) is 1. The van der Waals surface area contributed by atoms with Gasteiger partial charge in [-0.05, 0) is 30.5 Å². The van der Waals surface area contributed by atoms with Crippen LogP contribution in [0.3, 0.4) is 0 Å². The van der Waals surface area contributed by atoms with Gasteiger partial charge in [0.25, 0.3) is 0 Å². The zero-order valence-electron chi connectivity index (χ0n) is 10.6. The molecule has 2 rings (SSSR count). The van der Waals surface area contributed by atoms with Crippen LogP contribution in [0.2, 0.25) is 0 Å². The molecule has 4 N–H and O–H groups in total. The van der Waals surface area contributed by atoms with E-state index in [9.17, 15) is 4.79 Å². The van der Waals surface area contributed by atoms with E-state index in [0.29, 0.717) is 12.6 Å². The normalized spacial score (nSPS) is 16.3. The minimum Gasteiger partial charge on any atom is -0.399 e. The molecule has 0 aliphatic heterocycles. The van der Waals surface area contributed by atoms with Crippen LogP contribution in [-0.4, -0.2) is 23.4 Å². The van der Waals surface area contributed by atoms with Gasteiger partial charge in [0.05, 0.1) is 6.54 Å². The van der Waals surface area contributed by atoms with E-state index in [1.54, 1.807) is 0 Å². The Labute approximate surface area is 108 Å². The summed E-state index contributed by atoms with van der Waals surface area (Å²) in [5, 5.41) is 0. The van der Waals surface area contributed by atoms with Gasteiger partial charge >= 0.3 is 0 Å². The first-order chi connectivity index (χ1) is 8.65. The topological polar surface area (TPSA) is 72.4 Å². The molecule has 0 spiro atoms. The fourth-order valence-corrected chi connectivity index (χ4v) is 2.71. The van der Waals surface area contributed by atoms with Crippen LogP contribution in [0.1, 0.15) is 31.2 Å². The number of amides is 1. The molecule has 1 fully saturated rings. The largest absolute Gasteiger partial charge is 0.399 e. The van der Waals surface area contributed by atoms with Crippen molar-refractivity contribution in [3.05, 3.63) is 29.8 Å². The molecule has 1 aromatic carbocycles. The minimum absolute atomic E-state index is 0.259. The molecule has 0 bridgehead atoms. The van der Waals surface area contributed by atoms with Crippen LogP contribution in [-0.2, 0) is 11.3 Å². The van der Waals surface area contributed by atoms with Gasteiger partial charge in [0.15, 0.2) is 0 Å². The third-order valence-electron chi connectivity index (χ3n) is 3.54. The minimum atomic E-state index is -0.259. The van der Waals surface area contributed by atoms with E-state index >= 15 is 0 Å². The Kier molecular flexibility index (Phi) is 4.20. The summed E-state index contributed by atoms with van der Waals surface area (Å²) in [6.07, 6.45) is 4.82. The Bertz CT molecular complexity index is 413. The zero-order valence-corrected chi connectivity index (χ0v) is 10.6. The molecule has 0 aromatic heterocycles. The fraction of sp³-hybridized carbons (Fsp3) is 0.500. The summed E-state index contributed by atoms with van der Waals surface area (Å²) < 4.78 is 0. The number of rotatable bonds is 5. The van der Waals surface area contributed by atoms with Gasteiger partial charge in [0.2, 0.25) is 5.91 Å². The Morgan fingerprint density at radius 3 is 2.67 bits per heavy atom. The predicted octanol–water partition coefficient (Wildman–Crippen LogP) is 1.50. The van der Waals surface area contributed by atoms with E-state index in [0.717, 1.165) is 30.6 Å². The molecule has 4 heteroatoms. The molecule has 0 atom stereocenters. The van der Waals surface area contributed by atoms with E-state index in [2.05, 4.69) is 4.90 Å². The molecule has 1 saturated carbocycles. The van der Waals surface area contributed by atoms with Crippen molar-refractivity contribution in [2.75, 3.05) is 12.3 Å². The second-order valence-electron chi connectivity index (χ2n) is 5.05. The van der Waals surface area contributed by atoms with Crippen molar-refractivity contribution in [2.24, 2.45) is 5.73 Å². The highest BCUT2D eigenvalue weighted by atomic mass is 16.1.